The lowest BCUT2D eigenvalue weighted by atomic mass is 10.2. The Hall–Kier alpha value is -2.07. The molecule has 0 atom stereocenters. The van der Waals surface area contributed by atoms with E-state index in [0.29, 0.717) is 16.4 Å². The number of carbonyl (C=O) groups is 1. The number of hydrogen-bond acceptors (Lipinski definition) is 3. The topological polar surface area (TPSA) is 54.0 Å². The molecule has 21 heavy (non-hydrogen) atoms. The highest BCUT2D eigenvalue weighted by Crippen LogP contribution is 2.23. The third kappa shape index (κ3) is 4.20. The van der Waals surface area contributed by atoms with Gasteiger partial charge < -0.3 is 10.6 Å². The summed E-state index contributed by atoms with van der Waals surface area (Å²) in [5.41, 5.74) is 2.86. The molecule has 1 aromatic heterocycles. The Balaban J connectivity index is 2.12. The first-order valence-corrected chi connectivity index (χ1v) is 7.25. The van der Waals surface area contributed by atoms with Crippen LogP contribution in [0.5, 0.6) is 0 Å². The van der Waals surface area contributed by atoms with Crippen LogP contribution in [0.4, 0.5) is 11.4 Å². The average molecular weight is 304 g/mol. The summed E-state index contributed by atoms with van der Waals surface area (Å²) in [7, 11) is 0. The van der Waals surface area contributed by atoms with Gasteiger partial charge in [-0.1, -0.05) is 24.6 Å². The van der Waals surface area contributed by atoms with Gasteiger partial charge in [-0.3, -0.25) is 9.78 Å². The van der Waals surface area contributed by atoms with Gasteiger partial charge in [-0.2, -0.15) is 0 Å². The SMILES string of the molecule is CCCNc1ccnc(C(=O)Nc2ccc(C)cc2Cl)c1. The number of amides is 1. The van der Waals surface area contributed by atoms with E-state index in [-0.39, 0.29) is 5.91 Å². The lowest BCUT2D eigenvalue weighted by Crippen LogP contribution is -2.14. The molecule has 1 amide bonds. The molecule has 0 aliphatic rings. The van der Waals surface area contributed by atoms with Crippen LogP contribution in [-0.4, -0.2) is 17.4 Å². The summed E-state index contributed by atoms with van der Waals surface area (Å²) in [6, 6.07) is 9.06. The van der Waals surface area contributed by atoms with Gasteiger partial charge in [-0.25, -0.2) is 0 Å². The van der Waals surface area contributed by atoms with Crippen LogP contribution in [0.15, 0.2) is 36.5 Å². The fourth-order valence-electron chi connectivity index (χ4n) is 1.84. The van der Waals surface area contributed by atoms with Crippen molar-refractivity contribution in [1.82, 2.24) is 4.98 Å². The minimum Gasteiger partial charge on any atom is -0.385 e. The molecule has 0 saturated heterocycles. The number of anilines is 2. The maximum Gasteiger partial charge on any atom is 0.274 e. The first-order chi connectivity index (χ1) is 10.1. The predicted octanol–water partition coefficient (Wildman–Crippen LogP) is 4.12. The number of rotatable bonds is 5. The summed E-state index contributed by atoms with van der Waals surface area (Å²) < 4.78 is 0. The molecule has 0 aliphatic carbocycles. The van der Waals surface area contributed by atoms with Gasteiger partial charge in [0.15, 0.2) is 0 Å². The molecular weight excluding hydrogens is 286 g/mol. The summed E-state index contributed by atoms with van der Waals surface area (Å²) in [5.74, 6) is -0.277. The molecule has 4 nitrogen and oxygen atoms in total. The number of halogens is 1. The first kappa shape index (κ1) is 15.3. The number of benzene rings is 1. The van der Waals surface area contributed by atoms with Crippen LogP contribution in [0.1, 0.15) is 29.4 Å². The summed E-state index contributed by atoms with van der Waals surface area (Å²) in [5, 5.41) is 6.52. The number of carbonyl (C=O) groups excluding carboxylic acids is 1. The number of hydrogen-bond donors (Lipinski definition) is 2. The zero-order chi connectivity index (χ0) is 15.2. The number of aryl methyl sites for hydroxylation is 1. The van der Waals surface area contributed by atoms with Gasteiger partial charge >= 0.3 is 0 Å². The monoisotopic (exact) mass is 303 g/mol. The molecule has 110 valence electrons. The van der Waals surface area contributed by atoms with E-state index in [2.05, 4.69) is 22.5 Å². The van der Waals surface area contributed by atoms with E-state index in [1.165, 1.54) is 0 Å². The van der Waals surface area contributed by atoms with Crippen LogP contribution in [0.25, 0.3) is 0 Å². The van der Waals surface area contributed by atoms with E-state index in [0.717, 1.165) is 24.2 Å². The molecule has 1 heterocycles. The number of aromatic nitrogens is 1. The van der Waals surface area contributed by atoms with E-state index >= 15 is 0 Å². The summed E-state index contributed by atoms with van der Waals surface area (Å²) in [4.78, 5) is 16.3. The normalized spacial score (nSPS) is 10.2. The lowest BCUT2D eigenvalue weighted by Gasteiger charge is -2.09. The van der Waals surface area contributed by atoms with Crippen molar-refractivity contribution in [2.45, 2.75) is 20.3 Å². The molecule has 0 saturated carbocycles. The van der Waals surface area contributed by atoms with Crippen molar-refractivity contribution in [2.75, 3.05) is 17.2 Å². The number of nitrogens with one attached hydrogen (secondary N) is 2. The molecule has 2 aromatic rings. The predicted molar refractivity (Wildman–Crippen MR) is 87.2 cm³/mol. The van der Waals surface area contributed by atoms with Crippen molar-refractivity contribution in [3.63, 3.8) is 0 Å². The quantitative estimate of drug-likeness (QED) is 0.873. The molecule has 2 N–H and O–H groups in total. The molecule has 0 fully saturated rings. The summed E-state index contributed by atoms with van der Waals surface area (Å²) in [6.45, 7) is 4.89. The molecule has 5 heteroatoms. The molecule has 0 bridgehead atoms. The van der Waals surface area contributed by atoms with Gasteiger partial charge in [0.2, 0.25) is 0 Å². The van der Waals surface area contributed by atoms with Gasteiger partial charge in [-0.05, 0) is 43.2 Å². The second kappa shape index (κ2) is 7.09. The van der Waals surface area contributed by atoms with Crippen LogP contribution in [0.3, 0.4) is 0 Å². The van der Waals surface area contributed by atoms with E-state index < -0.39 is 0 Å². The Kier molecular flexibility index (Phi) is 5.17. The lowest BCUT2D eigenvalue weighted by molar-refractivity contribution is 0.102. The van der Waals surface area contributed by atoms with Gasteiger partial charge in [0.05, 0.1) is 10.7 Å². The maximum absolute atomic E-state index is 12.2. The van der Waals surface area contributed by atoms with E-state index in [1.54, 1.807) is 18.3 Å². The molecular formula is C16H18ClN3O. The molecule has 1 aromatic carbocycles. The largest absolute Gasteiger partial charge is 0.385 e. The molecule has 0 radical (unpaired) electrons. The van der Waals surface area contributed by atoms with Crippen molar-refractivity contribution < 1.29 is 4.79 Å². The Labute approximate surface area is 129 Å². The summed E-state index contributed by atoms with van der Waals surface area (Å²) >= 11 is 6.11. The van der Waals surface area contributed by atoms with Gasteiger partial charge in [-0.15, -0.1) is 0 Å². The van der Waals surface area contributed by atoms with Crippen molar-refractivity contribution in [2.24, 2.45) is 0 Å². The maximum atomic E-state index is 12.2. The summed E-state index contributed by atoms with van der Waals surface area (Å²) in [6.07, 6.45) is 2.63. The van der Waals surface area contributed by atoms with Gasteiger partial charge in [0.25, 0.3) is 5.91 Å². The highest BCUT2D eigenvalue weighted by Gasteiger charge is 2.10. The highest BCUT2D eigenvalue weighted by molar-refractivity contribution is 6.34. The highest BCUT2D eigenvalue weighted by atomic mass is 35.5. The molecule has 2 rings (SSSR count). The minimum absolute atomic E-state index is 0.277. The van der Waals surface area contributed by atoms with Gasteiger partial charge in [0.1, 0.15) is 5.69 Å². The second-order valence-corrected chi connectivity index (χ2v) is 5.20. The molecule has 0 unspecified atom stereocenters. The van der Waals surface area contributed by atoms with Crippen LogP contribution >= 0.6 is 11.6 Å². The van der Waals surface area contributed by atoms with Crippen LogP contribution in [-0.2, 0) is 0 Å². The fourth-order valence-corrected chi connectivity index (χ4v) is 2.12. The first-order valence-electron chi connectivity index (χ1n) is 6.87. The van der Waals surface area contributed by atoms with Crippen molar-refractivity contribution in [1.29, 1.82) is 0 Å². The Morgan fingerprint density at radius 1 is 1.29 bits per heavy atom. The van der Waals surface area contributed by atoms with E-state index in [1.807, 2.05) is 25.1 Å². The van der Waals surface area contributed by atoms with Crippen LogP contribution in [0.2, 0.25) is 5.02 Å². The Morgan fingerprint density at radius 3 is 2.81 bits per heavy atom. The smallest absolute Gasteiger partial charge is 0.274 e. The number of nitrogens with zero attached hydrogens (tertiary/aromatic N) is 1. The van der Waals surface area contributed by atoms with Crippen molar-refractivity contribution in [3.8, 4) is 0 Å². The third-order valence-corrected chi connectivity index (χ3v) is 3.26. The minimum atomic E-state index is -0.277. The molecule has 0 aliphatic heterocycles. The standard InChI is InChI=1S/C16H18ClN3O/c1-3-7-18-12-6-8-19-15(10-12)16(21)20-14-5-4-11(2)9-13(14)17/h4-6,8-10H,3,7H2,1-2H3,(H,18,19)(H,20,21). The fraction of sp³-hybridized carbons (Fsp3) is 0.250. The average Bonchev–Trinajstić information content (AvgIpc) is 2.48. The van der Waals surface area contributed by atoms with Crippen LogP contribution < -0.4 is 10.6 Å². The van der Waals surface area contributed by atoms with Crippen molar-refractivity contribution in [3.05, 3.63) is 52.8 Å². The third-order valence-electron chi connectivity index (χ3n) is 2.94. The zero-order valence-corrected chi connectivity index (χ0v) is 12.9. The second-order valence-electron chi connectivity index (χ2n) is 4.79. The van der Waals surface area contributed by atoms with Crippen LogP contribution in [0, 0.1) is 6.92 Å². The van der Waals surface area contributed by atoms with E-state index in [4.69, 9.17) is 11.6 Å². The van der Waals surface area contributed by atoms with Gasteiger partial charge in [0, 0.05) is 18.4 Å². The van der Waals surface area contributed by atoms with Crippen molar-refractivity contribution >= 4 is 28.9 Å². The Morgan fingerprint density at radius 2 is 2.10 bits per heavy atom. The molecule has 0 spiro atoms. The number of pyridine rings is 1. The Bertz CT molecular complexity index is 643. The van der Waals surface area contributed by atoms with E-state index in [9.17, 15) is 4.79 Å². The zero-order valence-electron chi connectivity index (χ0n) is 12.1.